The van der Waals surface area contributed by atoms with Crippen LogP contribution in [-0.4, -0.2) is 37.2 Å². The van der Waals surface area contributed by atoms with Gasteiger partial charge in [0.25, 0.3) is 0 Å². The van der Waals surface area contributed by atoms with E-state index in [2.05, 4.69) is 48.2 Å². The van der Waals surface area contributed by atoms with Gasteiger partial charge < -0.3 is 10.2 Å². The van der Waals surface area contributed by atoms with Crippen molar-refractivity contribution in [2.45, 2.75) is 6.42 Å². The molecule has 1 aromatic heterocycles. The topological polar surface area (TPSA) is 41.0 Å². The number of nitrogens with one attached hydrogen (secondary N) is 1. The first-order chi connectivity index (χ1) is 9.70. The second-order valence-electron chi connectivity index (χ2n) is 4.66. The van der Waals surface area contributed by atoms with Gasteiger partial charge in [0.2, 0.25) is 5.95 Å². The van der Waals surface area contributed by atoms with E-state index >= 15 is 0 Å². The quantitative estimate of drug-likeness (QED) is 0.824. The van der Waals surface area contributed by atoms with Crippen molar-refractivity contribution in [3.8, 4) is 11.1 Å². The molecule has 106 valence electrons. The van der Waals surface area contributed by atoms with E-state index in [1.165, 1.54) is 0 Å². The molecule has 0 radical (unpaired) electrons. The van der Waals surface area contributed by atoms with Gasteiger partial charge in [0.1, 0.15) is 0 Å². The van der Waals surface area contributed by atoms with Crippen molar-refractivity contribution in [1.82, 2.24) is 15.3 Å². The highest BCUT2D eigenvalue weighted by atomic mass is 79.9. The summed E-state index contributed by atoms with van der Waals surface area (Å²) < 4.78 is 1.06. The fourth-order valence-electron chi connectivity index (χ4n) is 1.93. The molecule has 20 heavy (non-hydrogen) atoms. The Morgan fingerprint density at radius 2 is 1.95 bits per heavy atom. The Labute approximate surface area is 128 Å². The minimum atomic E-state index is 0.764. The first-order valence-electron chi connectivity index (χ1n) is 6.64. The number of hydrogen-bond donors (Lipinski definition) is 1. The van der Waals surface area contributed by atoms with E-state index in [-0.39, 0.29) is 0 Å². The fourth-order valence-corrected chi connectivity index (χ4v) is 2.33. The molecule has 1 aromatic carbocycles. The molecule has 0 saturated carbocycles. The van der Waals surface area contributed by atoms with E-state index in [1.807, 2.05) is 38.6 Å². The molecule has 1 heterocycles. The van der Waals surface area contributed by atoms with Crippen LogP contribution in [0.4, 0.5) is 5.95 Å². The van der Waals surface area contributed by atoms with E-state index in [4.69, 9.17) is 0 Å². The Hall–Kier alpha value is -1.46. The highest BCUT2D eigenvalue weighted by Gasteiger charge is 2.05. The van der Waals surface area contributed by atoms with Crippen LogP contribution < -0.4 is 10.2 Å². The molecule has 4 nitrogen and oxygen atoms in total. The van der Waals surface area contributed by atoms with Crippen molar-refractivity contribution in [3.63, 3.8) is 0 Å². The molecule has 0 aliphatic carbocycles. The third-order valence-electron chi connectivity index (χ3n) is 3.06. The second-order valence-corrected chi connectivity index (χ2v) is 5.58. The number of aromatic nitrogens is 2. The van der Waals surface area contributed by atoms with Crippen LogP contribution in [0.5, 0.6) is 0 Å². The SMILES string of the molecule is CNCCCN(C)c1ncc(-c2cccc(Br)c2)cn1. The van der Waals surface area contributed by atoms with Crippen LogP contribution in [0.3, 0.4) is 0 Å². The minimum absolute atomic E-state index is 0.764. The van der Waals surface area contributed by atoms with Gasteiger partial charge in [0, 0.05) is 36.0 Å². The maximum absolute atomic E-state index is 4.44. The van der Waals surface area contributed by atoms with Crippen LogP contribution in [0.25, 0.3) is 11.1 Å². The molecule has 0 atom stereocenters. The first kappa shape index (κ1) is 14.9. The number of anilines is 1. The fraction of sp³-hybridized carbons (Fsp3) is 0.333. The average Bonchev–Trinajstić information content (AvgIpc) is 2.47. The van der Waals surface area contributed by atoms with Crippen LogP contribution in [0.1, 0.15) is 6.42 Å². The van der Waals surface area contributed by atoms with Gasteiger partial charge in [-0.2, -0.15) is 0 Å². The maximum Gasteiger partial charge on any atom is 0.225 e. The summed E-state index contributed by atoms with van der Waals surface area (Å²) in [5, 5.41) is 3.14. The summed E-state index contributed by atoms with van der Waals surface area (Å²) in [6, 6.07) is 8.14. The van der Waals surface area contributed by atoms with Crippen molar-refractivity contribution < 1.29 is 0 Å². The number of halogens is 1. The van der Waals surface area contributed by atoms with E-state index < -0.39 is 0 Å². The highest BCUT2D eigenvalue weighted by molar-refractivity contribution is 9.10. The number of rotatable bonds is 6. The predicted octanol–water partition coefficient (Wildman–Crippen LogP) is 2.95. The van der Waals surface area contributed by atoms with Crippen molar-refractivity contribution in [1.29, 1.82) is 0 Å². The summed E-state index contributed by atoms with van der Waals surface area (Å²) in [6.07, 6.45) is 4.82. The van der Waals surface area contributed by atoms with E-state index in [0.29, 0.717) is 0 Å². The molecule has 1 N–H and O–H groups in total. The Morgan fingerprint density at radius 1 is 1.20 bits per heavy atom. The molecule has 0 bridgehead atoms. The summed E-state index contributed by atoms with van der Waals surface area (Å²) in [5.74, 6) is 0.764. The lowest BCUT2D eigenvalue weighted by Gasteiger charge is -2.16. The summed E-state index contributed by atoms with van der Waals surface area (Å²) in [7, 11) is 3.98. The van der Waals surface area contributed by atoms with Crippen LogP contribution in [-0.2, 0) is 0 Å². The van der Waals surface area contributed by atoms with Crippen LogP contribution in [0.15, 0.2) is 41.1 Å². The number of hydrogen-bond acceptors (Lipinski definition) is 4. The summed E-state index contributed by atoms with van der Waals surface area (Å²) in [6.45, 7) is 1.94. The molecule has 0 saturated heterocycles. The summed E-state index contributed by atoms with van der Waals surface area (Å²) in [5.41, 5.74) is 2.14. The molecule has 5 heteroatoms. The molecular weight excluding hydrogens is 316 g/mol. The largest absolute Gasteiger partial charge is 0.344 e. The Kier molecular flexibility index (Phi) is 5.49. The smallest absolute Gasteiger partial charge is 0.225 e. The normalized spacial score (nSPS) is 10.6. The number of nitrogens with zero attached hydrogens (tertiary/aromatic N) is 3. The van der Waals surface area contributed by atoms with Crippen LogP contribution in [0.2, 0.25) is 0 Å². The molecular formula is C15H19BrN4. The predicted molar refractivity (Wildman–Crippen MR) is 87.0 cm³/mol. The van der Waals surface area contributed by atoms with Gasteiger partial charge in [-0.25, -0.2) is 9.97 Å². The van der Waals surface area contributed by atoms with Crippen molar-refractivity contribution in [3.05, 3.63) is 41.1 Å². The highest BCUT2D eigenvalue weighted by Crippen LogP contribution is 2.22. The molecule has 0 spiro atoms. The van der Waals surface area contributed by atoms with Crippen molar-refractivity contribution in [2.24, 2.45) is 0 Å². The zero-order chi connectivity index (χ0) is 14.4. The van der Waals surface area contributed by atoms with Crippen molar-refractivity contribution >= 4 is 21.9 Å². The second kappa shape index (κ2) is 7.36. The molecule has 0 unspecified atom stereocenters. The van der Waals surface area contributed by atoms with Gasteiger partial charge in [-0.15, -0.1) is 0 Å². The van der Waals surface area contributed by atoms with Gasteiger partial charge in [-0.1, -0.05) is 28.1 Å². The van der Waals surface area contributed by atoms with Gasteiger partial charge in [0.05, 0.1) is 0 Å². The molecule has 0 aliphatic heterocycles. The molecule has 0 fully saturated rings. The van der Waals surface area contributed by atoms with Crippen LogP contribution >= 0.6 is 15.9 Å². The van der Waals surface area contributed by atoms with Gasteiger partial charge >= 0.3 is 0 Å². The lowest BCUT2D eigenvalue weighted by molar-refractivity contribution is 0.704. The van der Waals surface area contributed by atoms with Crippen molar-refractivity contribution in [2.75, 3.05) is 32.1 Å². The minimum Gasteiger partial charge on any atom is -0.344 e. The summed E-state index contributed by atoms with van der Waals surface area (Å²) >= 11 is 3.48. The molecule has 2 rings (SSSR count). The third kappa shape index (κ3) is 4.02. The molecule has 2 aromatic rings. The van der Waals surface area contributed by atoms with Gasteiger partial charge in [0.15, 0.2) is 0 Å². The van der Waals surface area contributed by atoms with Crippen LogP contribution in [0, 0.1) is 0 Å². The summed E-state index contributed by atoms with van der Waals surface area (Å²) in [4.78, 5) is 11.0. The molecule has 0 aliphatic rings. The Bertz CT molecular complexity index is 542. The first-order valence-corrected chi connectivity index (χ1v) is 7.43. The average molecular weight is 335 g/mol. The maximum atomic E-state index is 4.44. The zero-order valence-electron chi connectivity index (χ0n) is 11.8. The van der Waals surface area contributed by atoms with Gasteiger partial charge in [-0.05, 0) is 37.7 Å². The third-order valence-corrected chi connectivity index (χ3v) is 3.55. The lowest BCUT2D eigenvalue weighted by Crippen LogP contribution is -2.23. The Morgan fingerprint density at radius 3 is 2.60 bits per heavy atom. The monoisotopic (exact) mass is 334 g/mol. The van der Waals surface area contributed by atoms with E-state index in [9.17, 15) is 0 Å². The zero-order valence-corrected chi connectivity index (χ0v) is 13.4. The number of benzene rings is 1. The van der Waals surface area contributed by atoms with E-state index in [0.717, 1.165) is 41.1 Å². The van der Waals surface area contributed by atoms with E-state index in [1.54, 1.807) is 0 Å². The van der Waals surface area contributed by atoms with Gasteiger partial charge in [-0.3, -0.25) is 0 Å². The lowest BCUT2D eigenvalue weighted by atomic mass is 10.1. The Balaban J connectivity index is 2.06. The standard InChI is InChI=1S/C15H19BrN4/c1-17-7-4-8-20(2)15-18-10-13(11-19-15)12-5-3-6-14(16)9-12/h3,5-6,9-11,17H,4,7-8H2,1-2H3. The molecule has 0 amide bonds.